The van der Waals surface area contributed by atoms with Gasteiger partial charge in [-0.05, 0) is 37.0 Å². The lowest BCUT2D eigenvalue weighted by Gasteiger charge is -2.08. The van der Waals surface area contributed by atoms with Crippen LogP contribution in [0.4, 0.5) is 0 Å². The third-order valence-corrected chi connectivity index (χ3v) is 4.68. The Bertz CT molecular complexity index is 488. The van der Waals surface area contributed by atoms with E-state index in [4.69, 9.17) is 16.3 Å². The van der Waals surface area contributed by atoms with E-state index in [9.17, 15) is 8.42 Å². The quantitative estimate of drug-likeness (QED) is 0.500. The Morgan fingerprint density at radius 3 is 2.43 bits per heavy atom. The van der Waals surface area contributed by atoms with E-state index in [0.717, 1.165) is 31.4 Å². The third kappa shape index (κ3) is 7.27. The highest BCUT2D eigenvalue weighted by atomic mass is 35.5. The molecule has 0 unspecified atom stereocenters. The van der Waals surface area contributed by atoms with Crippen LogP contribution in [-0.2, 0) is 21.2 Å². The topological polar surface area (TPSA) is 55.4 Å². The van der Waals surface area contributed by atoms with Crippen LogP contribution in [0, 0.1) is 0 Å². The Morgan fingerprint density at radius 1 is 1.14 bits per heavy atom. The summed E-state index contributed by atoms with van der Waals surface area (Å²) >= 11 is 5.65. The fourth-order valence-corrected chi connectivity index (χ4v) is 3.05. The van der Waals surface area contributed by atoms with E-state index in [-0.39, 0.29) is 4.90 Å². The summed E-state index contributed by atoms with van der Waals surface area (Å²) in [6.07, 6.45) is 3.56. The minimum absolute atomic E-state index is 0.285. The monoisotopic (exact) mass is 333 g/mol. The van der Waals surface area contributed by atoms with Crippen LogP contribution in [0.5, 0.6) is 0 Å². The predicted octanol–water partition coefficient (Wildman–Crippen LogP) is 2.95. The molecule has 0 atom stereocenters. The number of sulfonamides is 1. The average molecular weight is 334 g/mol. The average Bonchev–Trinajstić information content (AvgIpc) is 2.47. The maximum absolute atomic E-state index is 12.1. The van der Waals surface area contributed by atoms with E-state index >= 15 is 0 Å². The largest absolute Gasteiger partial charge is 0.381 e. The number of benzene rings is 1. The van der Waals surface area contributed by atoms with E-state index < -0.39 is 10.0 Å². The number of nitrogens with one attached hydrogen (secondary N) is 1. The molecule has 0 spiro atoms. The van der Waals surface area contributed by atoms with Gasteiger partial charge in [0.25, 0.3) is 0 Å². The molecule has 1 aromatic rings. The Kier molecular flexibility index (Phi) is 8.92. The molecular formula is C15H24ClNO3S. The molecule has 1 aromatic carbocycles. The van der Waals surface area contributed by atoms with Crippen molar-refractivity contribution in [2.24, 2.45) is 0 Å². The van der Waals surface area contributed by atoms with Gasteiger partial charge >= 0.3 is 0 Å². The summed E-state index contributed by atoms with van der Waals surface area (Å²) in [5, 5.41) is 0. The molecule has 0 bridgehead atoms. The lowest BCUT2D eigenvalue weighted by Crippen LogP contribution is -2.25. The highest BCUT2D eigenvalue weighted by Gasteiger charge is 2.12. The van der Waals surface area contributed by atoms with Gasteiger partial charge in [-0.1, -0.05) is 25.5 Å². The molecule has 0 aromatic heterocycles. The number of hydrogen-bond donors (Lipinski definition) is 1. The van der Waals surface area contributed by atoms with Crippen molar-refractivity contribution < 1.29 is 13.2 Å². The number of halogens is 1. The lowest BCUT2D eigenvalue weighted by molar-refractivity contribution is 0.130. The second-order valence-corrected chi connectivity index (χ2v) is 6.95. The van der Waals surface area contributed by atoms with Crippen molar-refractivity contribution in [3.8, 4) is 0 Å². The number of hydrogen-bond acceptors (Lipinski definition) is 3. The van der Waals surface area contributed by atoms with Crippen LogP contribution >= 0.6 is 11.6 Å². The SMILES string of the molecule is CCCCOCCCNS(=O)(=O)c1ccc(CCCl)cc1. The third-order valence-electron chi connectivity index (χ3n) is 3.02. The molecule has 120 valence electrons. The van der Waals surface area contributed by atoms with Gasteiger partial charge in [0.15, 0.2) is 0 Å². The summed E-state index contributed by atoms with van der Waals surface area (Å²) in [5.41, 5.74) is 1.04. The summed E-state index contributed by atoms with van der Waals surface area (Å²) in [5.74, 6) is 0.530. The van der Waals surface area contributed by atoms with Gasteiger partial charge in [0, 0.05) is 25.6 Å². The molecule has 6 heteroatoms. The minimum Gasteiger partial charge on any atom is -0.381 e. The number of rotatable bonds is 11. The zero-order valence-electron chi connectivity index (χ0n) is 12.5. The highest BCUT2D eigenvalue weighted by Crippen LogP contribution is 2.11. The van der Waals surface area contributed by atoms with Crippen LogP contribution in [0.15, 0.2) is 29.2 Å². The molecular weight excluding hydrogens is 310 g/mol. The molecule has 0 saturated heterocycles. The summed E-state index contributed by atoms with van der Waals surface area (Å²) in [6.45, 7) is 3.82. The van der Waals surface area contributed by atoms with Gasteiger partial charge in [0.1, 0.15) is 0 Å². The van der Waals surface area contributed by atoms with Gasteiger partial charge in [-0.2, -0.15) is 0 Å². The van der Waals surface area contributed by atoms with Crippen LogP contribution in [0.25, 0.3) is 0 Å². The summed E-state index contributed by atoms with van der Waals surface area (Å²) in [6, 6.07) is 6.82. The molecule has 0 heterocycles. The van der Waals surface area contributed by atoms with Gasteiger partial charge in [-0.15, -0.1) is 11.6 Å². The van der Waals surface area contributed by atoms with Gasteiger partial charge in [0.2, 0.25) is 10.0 Å². The highest BCUT2D eigenvalue weighted by molar-refractivity contribution is 7.89. The first-order chi connectivity index (χ1) is 10.1. The van der Waals surface area contributed by atoms with Crippen molar-refractivity contribution in [1.82, 2.24) is 4.72 Å². The smallest absolute Gasteiger partial charge is 0.240 e. The van der Waals surface area contributed by atoms with E-state index in [1.807, 2.05) is 0 Å². The Morgan fingerprint density at radius 2 is 1.81 bits per heavy atom. The molecule has 0 amide bonds. The molecule has 0 saturated carbocycles. The Hall–Kier alpha value is -0.620. The minimum atomic E-state index is -3.43. The molecule has 4 nitrogen and oxygen atoms in total. The van der Waals surface area contributed by atoms with Crippen LogP contribution in [0.2, 0.25) is 0 Å². The van der Waals surface area contributed by atoms with E-state index in [0.29, 0.717) is 25.5 Å². The zero-order chi connectivity index (χ0) is 15.6. The van der Waals surface area contributed by atoms with Gasteiger partial charge in [0.05, 0.1) is 4.90 Å². The van der Waals surface area contributed by atoms with Crippen molar-refractivity contribution in [3.63, 3.8) is 0 Å². The van der Waals surface area contributed by atoms with E-state index in [2.05, 4.69) is 11.6 Å². The maximum atomic E-state index is 12.1. The molecule has 0 aliphatic rings. The molecule has 0 aliphatic carbocycles. The van der Waals surface area contributed by atoms with Gasteiger partial charge < -0.3 is 4.74 Å². The van der Waals surface area contributed by atoms with Crippen LogP contribution in [0.3, 0.4) is 0 Å². The van der Waals surface area contributed by atoms with E-state index in [1.165, 1.54) is 0 Å². The summed E-state index contributed by atoms with van der Waals surface area (Å²) in [4.78, 5) is 0.285. The number of aryl methyl sites for hydroxylation is 1. The maximum Gasteiger partial charge on any atom is 0.240 e. The first-order valence-electron chi connectivity index (χ1n) is 7.32. The number of alkyl halides is 1. The van der Waals surface area contributed by atoms with E-state index in [1.54, 1.807) is 24.3 Å². The first kappa shape index (κ1) is 18.4. The molecule has 0 aliphatic heterocycles. The predicted molar refractivity (Wildman–Crippen MR) is 86.4 cm³/mol. The standard InChI is InChI=1S/C15H24ClNO3S/c1-2-3-12-20-13-4-11-17-21(18,19)15-7-5-14(6-8-15)9-10-16/h5-8,17H,2-4,9-13H2,1H3. The molecule has 1 N–H and O–H groups in total. The molecule has 1 rings (SSSR count). The number of ether oxygens (including phenoxy) is 1. The van der Waals surface area contributed by atoms with Crippen molar-refractivity contribution in [2.45, 2.75) is 37.5 Å². The first-order valence-corrected chi connectivity index (χ1v) is 9.34. The van der Waals surface area contributed by atoms with Crippen molar-refractivity contribution >= 4 is 21.6 Å². The summed E-state index contributed by atoms with van der Waals surface area (Å²) < 4.78 is 32.1. The van der Waals surface area contributed by atoms with Crippen LogP contribution in [-0.4, -0.2) is 34.1 Å². The molecule has 21 heavy (non-hydrogen) atoms. The zero-order valence-corrected chi connectivity index (χ0v) is 14.0. The second kappa shape index (κ2) is 10.2. The lowest BCUT2D eigenvalue weighted by atomic mass is 10.2. The normalized spacial score (nSPS) is 11.7. The number of unbranched alkanes of at least 4 members (excludes halogenated alkanes) is 1. The van der Waals surface area contributed by atoms with Crippen LogP contribution < -0.4 is 4.72 Å². The molecule has 0 radical (unpaired) electrons. The Balaban J connectivity index is 2.35. The van der Waals surface area contributed by atoms with Gasteiger partial charge in [-0.25, -0.2) is 13.1 Å². The van der Waals surface area contributed by atoms with Crippen molar-refractivity contribution in [3.05, 3.63) is 29.8 Å². The van der Waals surface area contributed by atoms with Gasteiger partial charge in [-0.3, -0.25) is 0 Å². The fraction of sp³-hybridized carbons (Fsp3) is 0.600. The van der Waals surface area contributed by atoms with Crippen molar-refractivity contribution in [1.29, 1.82) is 0 Å². The fourth-order valence-electron chi connectivity index (χ4n) is 1.76. The molecule has 0 fully saturated rings. The van der Waals surface area contributed by atoms with Crippen molar-refractivity contribution in [2.75, 3.05) is 25.6 Å². The summed E-state index contributed by atoms with van der Waals surface area (Å²) in [7, 11) is -3.43. The Labute approximate surface area is 132 Å². The van der Waals surface area contributed by atoms with Crippen LogP contribution in [0.1, 0.15) is 31.7 Å². The second-order valence-electron chi connectivity index (χ2n) is 4.80.